The summed E-state index contributed by atoms with van der Waals surface area (Å²) in [5.41, 5.74) is 1.95. The molecule has 1 aliphatic heterocycles. The van der Waals surface area contributed by atoms with Crippen molar-refractivity contribution in [2.45, 2.75) is 19.5 Å². The fourth-order valence-corrected chi connectivity index (χ4v) is 2.57. The summed E-state index contributed by atoms with van der Waals surface area (Å²) in [4.78, 5) is 7.02. The van der Waals surface area contributed by atoms with Crippen LogP contribution < -0.4 is 10.1 Å². The van der Waals surface area contributed by atoms with E-state index in [0.29, 0.717) is 11.9 Å². The number of hydrogen-bond acceptors (Lipinski definition) is 5. The van der Waals surface area contributed by atoms with E-state index in [1.807, 2.05) is 24.3 Å². The van der Waals surface area contributed by atoms with Gasteiger partial charge >= 0.3 is 0 Å². The predicted octanol–water partition coefficient (Wildman–Crippen LogP) is 2.14. The largest absolute Gasteiger partial charge is 0.497 e. The Bertz CT molecular complexity index is 579. The third kappa shape index (κ3) is 3.25. The average molecular weight is 287 g/mol. The van der Waals surface area contributed by atoms with E-state index in [1.54, 1.807) is 13.4 Å². The molecule has 1 aromatic carbocycles. The Morgan fingerprint density at radius 2 is 2.19 bits per heavy atom. The highest BCUT2D eigenvalue weighted by Crippen LogP contribution is 2.22. The lowest BCUT2D eigenvalue weighted by atomic mass is 10.2. The Morgan fingerprint density at radius 3 is 2.90 bits per heavy atom. The maximum Gasteiger partial charge on any atom is 0.226 e. The molecule has 0 bridgehead atoms. The number of piperazine rings is 1. The molecule has 0 aliphatic carbocycles. The van der Waals surface area contributed by atoms with Gasteiger partial charge in [0.05, 0.1) is 12.8 Å². The zero-order chi connectivity index (χ0) is 14.7. The number of oxazole rings is 1. The SMILES string of the molecule is COc1ccc(-c2nc(CN3CCNC[C@H]3C)co2)cc1. The lowest BCUT2D eigenvalue weighted by Gasteiger charge is -2.33. The highest BCUT2D eigenvalue weighted by Gasteiger charge is 2.19. The number of aromatic nitrogens is 1. The molecule has 1 saturated heterocycles. The van der Waals surface area contributed by atoms with Gasteiger partial charge in [0.15, 0.2) is 0 Å². The summed E-state index contributed by atoms with van der Waals surface area (Å²) in [6.07, 6.45) is 1.76. The van der Waals surface area contributed by atoms with Gasteiger partial charge in [-0.25, -0.2) is 4.98 Å². The Balaban J connectivity index is 1.70. The van der Waals surface area contributed by atoms with E-state index < -0.39 is 0 Å². The molecular formula is C16H21N3O2. The Morgan fingerprint density at radius 1 is 1.38 bits per heavy atom. The number of methoxy groups -OCH3 is 1. The Labute approximate surface area is 124 Å². The highest BCUT2D eigenvalue weighted by molar-refractivity contribution is 5.54. The molecule has 1 aliphatic rings. The molecule has 5 heteroatoms. The van der Waals surface area contributed by atoms with Crippen molar-refractivity contribution in [1.82, 2.24) is 15.2 Å². The molecule has 1 fully saturated rings. The topological polar surface area (TPSA) is 50.5 Å². The van der Waals surface area contributed by atoms with Crippen molar-refractivity contribution in [1.29, 1.82) is 0 Å². The van der Waals surface area contributed by atoms with Crippen molar-refractivity contribution in [3.63, 3.8) is 0 Å². The van der Waals surface area contributed by atoms with E-state index in [1.165, 1.54) is 0 Å². The van der Waals surface area contributed by atoms with Gasteiger partial charge < -0.3 is 14.5 Å². The fraction of sp³-hybridized carbons (Fsp3) is 0.438. The lowest BCUT2D eigenvalue weighted by molar-refractivity contribution is 0.163. The van der Waals surface area contributed by atoms with Crippen molar-refractivity contribution in [2.75, 3.05) is 26.7 Å². The zero-order valence-electron chi connectivity index (χ0n) is 12.5. The maximum absolute atomic E-state index is 5.61. The van der Waals surface area contributed by atoms with Crippen LogP contribution in [0.3, 0.4) is 0 Å². The van der Waals surface area contributed by atoms with Gasteiger partial charge in [0.1, 0.15) is 12.0 Å². The van der Waals surface area contributed by atoms with Crippen LogP contribution in [0, 0.1) is 0 Å². The normalized spacial score (nSPS) is 19.6. The van der Waals surface area contributed by atoms with Crippen LogP contribution in [-0.2, 0) is 6.54 Å². The summed E-state index contributed by atoms with van der Waals surface area (Å²) >= 11 is 0. The first kappa shape index (κ1) is 14.1. The van der Waals surface area contributed by atoms with E-state index in [0.717, 1.165) is 43.2 Å². The van der Waals surface area contributed by atoms with Crippen LogP contribution in [-0.4, -0.2) is 42.7 Å². The van der Waals surface area contributed by atoms with Crippen LogP contribution in [0.25, 0.3) is 11.5 Å². The van der Waals surface area contributed by atoms with Gasteiger partial charge in [-0.1, -0.05) is 0 Å². The molecule has 21 heavy (non-hydrogen) atoms. The summed E-state index contributed by atoms with van der Waals surface area (Å²) in [6, 6.07) is 8.28. The Kier molecular flexibility index (Phi) is 4.22. The molecule has 0 radical (unpaired) electrons. The molecule has 5 nitrogen and oxygen atoms in total. The first-order chi connectivity index (χ1) is 10.3. The van der Waals surface area contributed by atoms with E-state index in [2.05, 4.69) is 22.1 Å². The van der Waals surface area contributed by atoms with Crippen molar-refractivity contribution >= 4 is 0 Å². The van der Waals surface area contributed by atoms with Gasteiger partial charge in [0.2, 0.25) is 5.89 Å². The van der Waals surface area contributed by atoms with Crippen molar-refractivity contribution < 1.29 is 9.15 Å². The predicted molar refractivity (Wildman–Crippen MR) is 81.2 cm³/mol. The minimum atomic E-state index is 0.528. The van der Waals surface area contributed by atoms with E-state index in [-0.39, 0.29) is 0 Å². The summed E-state index contributed by atoms with van der Waals surface area (Å²) in [5, 5.41) is 3.39. The summed E-state index contributed by atoms with van der Waals surface area (Å²) < 4.78 is 10.8. The number of ether oxygens (including phenoxy) is 1. The maximum atomic E-state index is 5.61. The second-order valence-corrected chi connectivity index (χ2v) is 5.40. The van der Waals surface area contributed by atoms with Crippen LogP contribution in [0.1, 0.15) is 12.6 Å². The molecule has 1 aromatic heterocycles. The van der Waals surface area contributed by atoms with E-state index in [9.17, 15) is 0 Å². The molecule has 3 rings (SSSR count). The van der Waals surface area contributed by atoms with Gasteiger partial charge in [0, 0.05) is 37.8 Å². The number of nitrogens with zero attached hydrogens (tertiary/aromatic N) is 2. The summed E-state index contributed by atoms with van der Waals surface area (Å²) in [6.45, 7) is 6.18. The quantitative estimate of drug-likeness (QED) is 0.933. The molecule has 0 unspecified atom stereocenters. The molecular weight excluding hydrogens is 266 g/mol. The molecule has 112 valence electrons. The molecule has 2 aromatic rings. The van der Waals surface area contributed by atoms with Gasteiger partial charge in [-0.05, 0) is 31.2 Å². The summed E-state index contributed by atoms with van der Waals surface area (Å²) in [5.74, 6) is 1.50. The van der Waals surface area contributed by atoms with Crippen molar-refractivity contribution in [3.05, 3.63) is 36.2 Å². The Hall–Kier alpha value is -1.85. The third-order valence-electron chi connectivity index (χ3n) is 3.89. The molecule has 0 amide bonds. The molecule has 0 spiro atoms. The van der Waals surface area contributed by atoms with Crippen LogP contribution in [0.4, 0.5) is 0 Å². The number of nitrogens with one attached hydrogen (secondary N) is 1. The van der Waals surface area contributed by atoms with Crippen molar-refractivity contribution in [2.24, 2.45) is 0 Å². The minimum absolute atomic E-state index is 0.528. The van der Waals surface area contributed by atoms with E-state index in [4.69, 9.17) is 9.15 Å². The van der Waals surface area contributed by atoms with E-state index >= 15 is 0 Å². The molecule has 2 heterocycles. The van der Waals surface area contributed by atoms with Gasteiger partial charge in [-0.2, -0.15) is 0 Å². The van der Waals surface area contributed by atoms with Gasteiger partial charge in [-0.15, -0.1) is 0 Å². The standard InChI is InChI=1S/C16H21N3O2/c1-12-9-17-7-8-19(12)10-14-11-21-16(18-14)13-3-5-15(20-2)6-4-13/h3-6,11-12,17H,7-10H2,1-2H3/t12-/m1/s1. The highest BCUT2D eigenvalue weighted by atomic mass is 16.5. The van der Waals surface area contributed by atoms with Crippen LogP contribution in [0.5, 0.6) is 5.75 Å². The van der Waals surface area contributed by atoms with Gasteiger partial charge in [-0.3, -0.25) is 4.90 Å². The smallest absolute Gasteiger partial charge is 0.226 e. The number of rotatable bonds is 4. The molecule has 1 N–H and O–H groups in total. The minimum Gasteiger partial charge on any atom is -0.497 e. The van der Waals surface area contributed by atoms with Gasteiger partial charge in [0.25, 0.3) is 0 Å². The second-order valence-electron chi connectivity index (χ2n) is 5.40. The average Bonchev–Trinajstić information content (AvgIpc) is 2.98. The lowest BCUT2D eigenvalue weighted by Crippen LogP contribution is -2.49. The summed E-state index contributed by atoms with van der Waals surface area (Å²) in [7, 11) is 1.66. The first-order valence-electron chi connectivity index (χ1n) is 7.30. The fourth-order valence-electron chi connectivity index (χ4n) is 2.57. The molecule has 1 atom stereocenters. The number of benzene rings is 1. The number of hydrogen-bond donors (Lipinski definition) is 1. The van der Waals surface area contributed by atoms with Crippen LogP contribution in [0.15, 0.2) is 34.9 Å². The first-order valence-corrected chi connectivity index (χ1v) is 7.30. The monoisotopic (exact) mass is 287 g/mol. The zero-order valence-corrected chi connectivity index (χ0v) is 12.5. The second kappa shape index (κ2) is 6.28. The van der Waals surface area contributed by atoms with Crippen molar-refractivity contribution in [3.8, 4) is 17.2 Å². The van der Waals surface area contributed by atoms with Crippen LogP contribution in [0.2, 0.25) is 0 Å². The molecule has 0 saturated carbocycles. The van der Waals surface area contributed by atoms with Crippen LogP contribution >= 0.6 is 0 Å². The third-order valence-corrected chi connectivity index (χ3v) is 3.89.